The second kappa shape index (κ2) is 5.85. The molecule has 1 N–H and O–H groups in total. The van der Waals surface area contributed by atoms with Crippen LogP contribution in [0, 0.1) is 0 Å². The number of hydrogen-bond donors (Lipinski definition) is 1. The van der Waals surface area contributed by atoms with Crippen LogP contribution in [0.5, 0.6) is 5.75 Å². The Hall–Kier alpha value is -2.53. The summed E-state index contributed by atoms with van der Waals surface area (Å²) in [7, 11) is 1.61. The van der Waals surface area contributed by atoms with Crippen molar-refractivity contribution in [1.29, 1.82) is 0 Å². The minimum Gasteiger partial charge on any atom is -0.495 e. The van der Waals surface area contributed by atoms with Crippen LogP contribution in [0.2, 0.25) is 0 Å². The van der Waals surface area contributed by atoms with Crippen LogP contribution in [0.3, 0.4) is 0 Å². The van der Waals surface area contributed by atoms with Crippen LogP contribution < -0.4 is 4.74 Å². The molecule has 5 nitrogen and oxygen atoms in total. The van der Waals surface area contributed by atoms with Crippen LogP contribution in [0.1, 0.15) is 10.4 Å². The van der Waals surface area contributed by atoms with Crippen molar-refractivity contribution in [3.05, 3.63) is 54.4 Å². The van der Waals surface area contributed by atoms with Crippen molar-refractivity contribution >= 4 is 29.4 Å². The quantitative estimate of drug-likeness (QED) is 0.807. The number of carbonyl (C=O) groups is 1. The largest absolute Gasteiger partial charge is 0.495 e. The summed E-state index contributed by atoms with van der Waals surface area (Å²) in [6, 6.07) is 12.5. The Morgan fingerprint density at radius 1 is 1.24 bits per heavy atom. The number of rotatable bonds is 3. The Balaban J connectivity index is 0.00000161. The lowest BCUT2D eigenvalue weighted by Gasteiger charge is -2.09. The summed E-state index contributed by atoms with van der Waals surface area (Å²) >= 11 is 0. The van der Waals surface area contributed by atoms with Gasteiger partial charge in [0.15, 0.2) is 0 Å². The van der Waals surface area contributed by atoms with Gasteiger partial charge in [-0.3, -0.25) is 4.57 Å². The van der Waals surface area contributed by atoms with Gasteiger partial charge in [0, 0.05) is 0 Å². The van der Waals surface area contributed by atoms with E-state index in [1.165, 1.54) is 0 Å². The van der Waals surface area contributed by atoms with E-state index in [1.54, 1.807) is 31.6 Å². The van der Waals surface area contributed by atoms with Gasteiger partial charge in [-0.1, -0.05) is 12.1 Å². The van der Waals surface area contributed by atoms with E-state index in [0.29, 0.717) is 5.52 Å². The van der Waals surface area contributed by atoms with E-state index in [2.05, 4.69) is 4.98 Å². The topological polar surface area (TPSA) is 64.4 Å². The molecule has 3 rings (SSSR count). The summed E-state index contributed by atoms with van der Waals surface area (Å²) in [4.78, 5) is 15.2. The summed E-state index contributed by atoms with van der Waals surface area (Å²) < 4.78 is 7.21. The van der Waals surface area contributed by atoms with Crippen molar-refractivity contribution in [2.24, 2.45) is 0 Å². The molecule has 108 valence electrons. The first-order chi connectivity index (χ1) is 9.70. The molecular weight excluding hydrogens is 292 g/mol. The average Bonchev–Trinajstić information content (AvgIpc) is 2.89. The molecule has 0 saturated carbocycles. The summed E-state index contributed by atoms with van der Waals surface area (Å²) in [6.45, 7) is 0. The second-order valence-corrected chi connectivity index (χ2v) is 4.30. The molecule has 6 heteroatoms. The minimum atomic E-state index is -0.959. The third-order valence-electron chi connectivity index (χ3n) is 3.14. The Labute approximate surface area is 127 Å². The predicted octanol–water partition coefficient (Wildman–Crippen LogP) is 3.15. The van der Waals surface area contributed by atoms with E-state index in [0.717, 1.165) is 17.0 Å². The van der Waals surface area contributed by atoms with Crippen LogP contribution in [-0.2, 0) is 0 Å². The summed E-state index contributed by atoms with van der Waals surface area (Å²) in [6.07, 6.45) is 1.66. The average molecular weight is 305 g/mol. The molecule has 2 aromatic carbocycles. The number of halogens is 1. The lowest BCUT2D eigenvalue weighted by atomic mass is 10.2. The van der Waals surface area contributed by atoms with Crippen molar-refractivity contribution < 1.29 is 14.6 Å². The molecule has 0 aliphatic rings. The second-order valence-electron chi connectivity index (χ2n) is 4.30. The molecule has 1 aromatic heterocycles. The fraction of sp³-hybridized carbons (Fsp3) is 0.0667. The fourth-order valence-corrected chi connectivity index (χ4v) is 2.17. The molecule has 1 heterocycles. The molecule has 21 heavy (non-hydrogen) atoms. The number of para-hydroxylation sites is 2. The van der Waals surface area contributed by atoms with Crippen molar-refractivity contribution in [3.63, 3.8) is 0 Å². The predicted molar refractivity (Wildman–Crippen MR) is 81.8 cm³/mol. The lowest BCUT2D eigenvalue weighted by Crippen LogP contribution is -1.98. The van der Waals surface area contributed by atoms with Gasteiger partial charge in [0.1, 0.15) is 12.1 Å². The zero-order valence-electron chi connectivity index (χ0n) is 11.2. The van der Waals surface area contributed by atoms with Gasteiger partial charge < -0.3 is 9.84 Å². The highest BCUT2D eigenvalue weighted by atomic mass is 35.5. The Kier molecular flexibility index (Phi) is 4.14. The normalized spacial score (nSPS) is 10.1. The van der Waals surface area contributed by atoms with E-state index in [-0.39, 0.29) is 18.0 Å². The van der Waals surface area contributed by atoms with Gasteiger partial charge in [0.05, 0.1) is 29.4 Å². The molecular formula is C15H13ClN2O3. The number of aromatic nitrogens is 2. The number of ether oxygens (including phenoxy) is 1. The smallest absolute Gasteiger partial charge is 0.335 e. The van der Waals surface area contributed by atoms with Gasteiger partial charge in [0.2, 0.25) is 0 Å². The molecule has 0 aliphatic heterocycles. The highest BCUT2D eigenvalue weighted by molar-refractivity contribution is 5.92. The Bertz CT molecular complexity index is 798. The molecule has 3 aromatic rings. The van der Waals surface area contributed by atoms with E-state index < -0.39 is 5.97 Å². The zero-order valence-corrected chi connectivity index (χ0v) is 12.0. The van der Waals surface area contributed by atoms with Crippen LogP contribution in [0.4, 0.5) is 0 Å². The molecule has 0 aliphatic carbocycles. The van der Waals surface area contributed by atoms with E-state index in [9.17, 15) is 4.79 Å². The number of methoxy groups -OCH3 is 1. The number of benzene rings is 2. The Morgan fingerprint density at radius 3 is 2.71 bits per heavy atom. The number of aromatic carboxylic acids is 1. The zero-order chi connectivity index (χ0) is 14.1. The monoisotopic (exact) mass is 304 g/mol. The number of imidazole rings is 1. The highest BCUT2D eigenvalue weighted by Crippen LogP contribution is 2.26. The van der Waals surface area contributed by atoms with Crippen molar-refractivity contribution in [3.8, 4) is 11.4 Å². The number of carboxylic acids is 1. The van der Waals surface area contributed by atoms with E-state index in [1.807, 2.05) is 28.8 Å². The highest BCUT2D eigenvalue weighted by Gasteiger charge is 2.11. The molecule has 0 unspecified atom stereocenters. The third kappa shape index (κ3) is 2.55. The van der Waals surface area contributed by atoms with Crippen LogP contribution in [-0.4, -0.2) is 27.7 Å². The van der Waals surface area contributed by atoms with Crippen molar-refractivity contribution in [2.75, 3.05) is 7.11 Å². The maximum Gasteiger partial charge on any atom is 0.335 e. The number of hydrogen-bond acceptors (Lipinski definition) is 3. The summed E-state index contributed by atoms with van der Waals surface area (Å²) in [5.41, 5.74) is 2.55. The minimum absolute atomic E-state index is 0. The van der Waals surface area contributed by atoms with Gasteiger partial charge in [-0.25, -0.2) is 9.78 Å². The third-order valence-corrected chi connectivity index (χ3v) is 3.14. The van der Waals surface area contributed by atoms with Crippen LogP contribution in [0.15, 0.2) is 48.8 Å². The van der Waals surface area contributed by atoms with Gasteiger partial charge in [-0.05, 0) is 30.3 Å². The van der Waals surface area contributed by atoms with Crippen molar-refractivity contribution in [1.82, 2.24) is 9.55 Å². The lowest BCUT2D eigenvalue weighted by molar-refractivity contribution is 0.0697. The molecule has 0 fully saturated rings. The van der Waals surface area contributed by atoms with Crippen LogP contribution >= 0.6 is 12.4 Å². The van der Waals surface area contributed by atoms with E-state index >= 15 is 0 Å². The SMILES string of the molecule is COc1ccccc1-n1cnc2cc(C(=O)O)ccc21.Cl. The first-order valence-electron chi connectivity index (χ1n) is 6.04. The number of carboxylic acid groups (broad SMARTS) is 1. The number of fused-ring (bicyclic) bond motifs is 1. The number of nitrogens with zero attached hydrogens (tertiary/aromatic N) is 2. The van der Waals surface area contributed by atoms with E-state index in [4.69, 9.17) is 9.84 Å². The fourth-order valence-electron chi connectivity index (χ4n) is 2.17. The standard InChI is InChI=1S/C15H12N2O3.ClH/c1-20-14-5-3-2-4-13(14)17-9-16-11-8-10(15(18)19)6-7-12(11)17;/h2-9H,1H3,(H,18,19);1H. The van der Waals surface area contributed by atoms with Crippen molar-refractivity contribution in [2.45, 2.75) is 0 Å². The molecule has 0 atom stereocenters. The van der Waals surface area contributed by atoms with Gasteiger partial charge >= 0.3 is 5.97 Å². The Morgan fingerprint density at radius 2 is 2.00 bits per heavy atom. The van der Waals surface area contributed by atoms with Gasteiger partial charge in [-0.2, -0.15) is 0 Å². The molecule has 0 amide bonds. The maximum atomic E-state index is 11.0. The maximum absolute atomic E-state index is 11.0. The summed E-state index contributed by atoms with van der Waals surface area (Å²) in [5.74, 6) is -0.229. The summed E-state index contributed by atoms with van der Waals surface area (Å²) in [5, 5.41) is 9.00. The first-order valence-corrected chi connectivity index (χ1v) is 6.04. The van der Waals surface area contributed by atoms with Crippen LogP contribution in [0.25, 0.3) is 16.7 Å². The molecule has 0 radical (unpaired) electrons. The first kappa shape index (κ1) is 14.9. The molecule has 0 saturated heterocycles. The van der Waals surface area contributed by atoms with Gasteiger partial charge in [0.25, 0.3) is 0 Å². The molecule has 0 spiro atoms. The van der Waals surface area contributed by atoms with Gasteiger partial charge in [-0.15, -0.1) is 12.4 Å². The molecule has 0 bridgehead atoms.